The molecule has 100 valence electrons. The van der Waals surface area contributed by atoms with Crippen LogP contribution < -0.4 is 10.1 Å². The van der Waals surface area contributed by atoms with Crippen LogP contribution in [0.3, 0.4) is 0 Å². The third-order valence-corrected chi connectivity index (χ3v) is 3.09. The van der Waals surface area contributed by atoms with Crippen LogP contribution in [0.4, 0.5) is 0 Å². The molecule has 0 spiro atoms. The molecule has 0 aliphatic heterocycles. The van der Waals surface area contributed by atoms with E-state index in [0.717, 1.165) is 12.2 Å². The molecule has 0 fully saturated rings. The van der Waals surface area contributed by atoms with E-state index in [1.165, 1.54) is 5.56 Å². The number of amides is 1. The number of carbonyl (C=O) groups is 1. The third-order valence-electron chi connectivity index (χ3n) is 3.09. The third kappa shape index (κ3) is 4.78. The maximum atomic E-state index is 11.6. The van der Waals surface area contributed by atoms with Crippen LogP contribution in [0.1, 0.15) is 33.3 Å². The molecule has 0 saturated heterocycles. The fourth-order valence-corrected chi connectivity index (χ4v) is 1.43. The Morgan fingerprint density at radius 3 is 2.33 bits per heavy atom. The minimum absolute atomic E-state index is 0.0720. The van der Waals surface area contributed by atoms with Crippen molar-refractivity contribution in [2.75, 3.05) is 6.61 Å². The second-order valence-corrected chi connectivity index (χ2v) is 4.89. The molecule has 3 heteroatoms. The van der Waals surface area contributed by atoms with Crippen LogP contribution in [0.5, 0.6) is 5.75 Å². The van der Waals surface area contributed by atoms with Gasteiger partial charge >= 0.3 is 0 Å². The molecule has 0 aliphatic rings. The van der Waals surface area contributed by atoms with E-state index >= 15 is 0 Å². The predicted molar refractivity (Wildman–Crippen MR) is 73.8 cm³/mol. The van der Waals surface area contributed by atoms with Gasteiger partial charge in [0.05, 0.1) is 0 Å². The lowest BCUT2D eigenvalue weighted by atomic mass is 10.1. The normalized spacial score (nSPS) is 12.3. The summed E-state index contributed by atoms with van der Waals surface area (Å²) in [5.74, 6) is 1.09. The monoisotopic (exact) mass is 249 g/mol. The van der Waals surface area contributed by atoms with Crippen LogP contribution in [0.2, 0.25) is 0 Å². The van der Waals surface area contributed by atoms with E-state index in [9.17, 15) is 4.79 Å². The molecule has 18 heavy (non-hydrogen) atoms. The number of aryl methyl sites for hydroxylation is 1. The largest absolute Gasteiger partial charge is 0.484 e. The van der Waals surface area contributed by atoms with Gasteiger partial charge in [-0.15, -0.1) is 0 Å². The summed E-state index contributed by atoms with van der Waals surface area (Å²) in [6.45, 7) is 8.34. The highest BCUT2D eigenvalue weighted by atomic mass is 16.5. The molecule has 1 atom stereocenters. The molecule has 0 radical (unpaired) electrons. The molecule has 1 amide bonds. The van der Waals surface area contributed by atoms with Crippen LogP contribution in [-0.2, 0) is 11.2 Å². The molecule has 1 aromatic rings. The molecule has 0 bridgehead atoms. The summed E-state index contributed by atoms with van der Waals surface area (Å²) >= 11 is 0. The van der Waals surface area contributed by atoms with Crippen molar-refractivity contribution in [3.8, 4) is 5.75 Å². The van der Waals surface area contributed by atoms with Crippen molar-refractivity contribution in [2.24, 2.45) is 5.92 Å². The molecule has 0 heterocycles. The zero-order chi connectivity index (χ0) is 13.5. The fourth-order valence-electron chi connectivity index (χ4n) is 1.43. The Bertz CT molecular complexity index is 371. The van der Waals surface area contributed by atoms with Crippen molar-refractivity contribution in [1.82, 2.24) is 5.32 Å². The SMILES string of the molecule is CCc1ccc(OCC(=O)N[C@H](C)C(C)C)cc1. The number of ether oxygens (including phenoxy) is 1. The summed E-state index contributed by atoms with van der Waals surface area (Å²) < 4.78 is 5.44. The summed E-state index contributed by atoms with van der Waals surface area (Å²) in [4.78, 5) is 11.6. The van der Waals surface area contributed by atoms with Gasteiger partial charge in [-0.2, -0.15) is 0 Å². The fraction of sp³-hybridized carbons (Fsp3) is 0.533. The van der Waals surface area contributed by atoms with Gasteiger partial charge in [-0.3, -0.25) is 4.79 Å². The summed E-state index contributed by atoms with van der Waals surface area (Å²) in [7, 11) is 0. The van der Waals surface area contributed by atoms with Crippen molar-refractivity contribution in [3.63, 3.8) is 0 Å². The first-order chi connectivity index (χ1) is 8.52. The predicted octanol–water partition coefficient (Wildman–Crippen LogP) is 2.79. The maximum absolute atomic E-state index is 11.6. The number of benzene rings is 1. The van der Waals surface area contributed by atoms with Gasteiger partial charge in [0.25, 0.3) is 5.91 Å². The van der Waals surface area contributed by atoms with Gasteiger partial charge in [-0.1, -0.05) is 32.9 Å². The van der Waals surface area contributed by atoms with Gasteiger partial charge in [0.15, 0.2) is 6.61 Å². The van der Waals surface area contributed by atoms with Gasteiger partial charge in [-0.25, -0.2) is 0 Å². The summed E-state index contributed by atoms with van der Waals surface area (Å²) in [5.41, 5.74) is 1.26. The van der Waals surface area contributed by atoms with Crippen LogP contribution in [0, 0.1) is 5.92 Å². The van der Waals surface area contributed by atoms with Gasteiger partial charge in [0, 0.05) is 6.04 Å². The first-order valence-corrected chi connectivity index (χ1v) is 6.54. The Balaban J connectivity index is 2.37. The Morgan fingerprint density at radius 1 is 1.22 bits per heavy atom. The van der Waals surface area contributed by atoms with Crippen LogP contribution in [-0.4, -0.2) is 18.6 Å². The molecule has 1 aromatic carbocycles. The van der Waals surface area contributed by atoms with E-state index in [1.54, 1.807) is 0 Å². The zero-order valence-corrected chi connectivity index (χ0v) is 11.7. The molecule has 3 nitrogen and oxygen atoms in total. The highest BCUT2D eigenvalue weighted by Crippen LogP contribution is 2.12. The Hall–Kier alpha value is -1.51. The second kappa shape index (κ2) is 7.04. The van der Waals surface area contributed by atoms with Crippen LogP contribution in [0.15, 0.2) is 24.3 Å². The van der Waals surface area contributed by atoms with Gasteiger partial charge < -0.3 is 10.1 Å². The Morgan fingerprint density at radius 2 is 1.83 bits per heavy atom. The van der Waals surface area contributed by atoms with E-state index in [4.69, 9.17) is 4.74 Å². The van der Waals surface area contributed by atoms with E-state index in [2.05, 4.69) is 26.1 Å². The minimum atomic E-state index is -0.0734. The lowest BCUT2D eigenvalue weighted by Crippen LogP contribution is -2.38. The number of hydrogen-bond donors (Lipinski definition) is 1. The molecular formula is C15H23NO2. The number of rotatable bonds is 6. The molecule has 0 aromatic heterocycles. The summed E-state index contributed by atoms with van der Waals surface area (Å²) in [6, 6.07) is 8.01. The number of carbonyl (C=O) groups excluding carboxylic acids is 1. The Kier molecular flexibility index (Phi) is 5.69. The van der Waals surface area contributed by atoms with Crippen LogP contribution in [0.25, 0.3) is 0 Å². The molecule has 0 aliphatic carbocycles. The first kappa shape index (κ1) is 14.6. The topological polar surface area (TPSA) is 38.3 Å². The average Bonchev–Trinajstić information content (AvgIpc) is 2.36. The number of hydrogen-bond acceptors (Lipinski definition) is 2. The molecule has 0 saturated carbocycles. The van der Waals surface area contributed by atoms with Gasteiger partial charge in [-0.05, 0) is 37.0 Å². The smallest absolute Gasteiger partial charge is 0.258 e. The van der Waals surface area contributed by atoms with Gasteiger partial charge in [0.2, 0.25) is 0 Å². The van der Waals surface area contributed by atoms with Crippen molar-refractivity contribution < 1.29 is 9.53 Å². The molecular weight excluding hydrogens is 226 g/mol. The summed E-state index contributed by atoms with van der Waals surface area (Å²) in [5, 5.41) is 2.91. The first-order valence-electron chi connectivity index (χ1n) is 6.54. The second-order valence-electron chi connectivity index (χ2n) is 4.89. The number of nitrogens with one attached hydrogen (secondary N) is 1. The molecule has 0 unspecified atom stereocenters. The molecule has 1 rings (SSSR count). The standard InChI is InChI=1S/C15H23NO2/c1-5-13-6-8-14(9-7-13)18-10-15(17)16-12(4)11(2)3/h6-9,11-12H,5,10H2,1-4H3,(H,16,17)/t12-/m1/s1. The summed E-state index contributed by atoms with van der Waals surface area (Å²) in [6.07, 6.45) is 1.01. The average molecular weight is 249 g/mol. The molecule has 1 N–H and O–H groups in total. The highest BCUT2D eigenvalue weighted by molar-refractivity contribution is 5.77. The Labute approximate surface area is 110 Å². The quantitative estimate of drug-likeness (QED) is 0.842. The van der Waals surface area contributed by atoms with E-state index < -0.39 is 0 Å². The van der Waals surface area contributed by atoms with E-state index in [1.807, 2.05) is 31.2 Å². The lowest BCUT2D eigenvalue weighted by molar-refractivity contribution is -0.124. The zero-order valence-electron chi connectivity index (χ0n) is 11.7. The van der Waals surface area contributed by atoms with Crippen molar-refractivity contribution in [1.29, 1.82) is 0 Å². The lowest BCUT2D eigenvalue weighted by Gasteiger charge is -2.17. The maximum Gasteiger partial charge on any atom is 0.258 e. The van der Waals surface area contributed by atoms with Crippen molar-refractivity contribution >= 4 is 5.91 Å². The minimum Gasteiger partial charge on any atom is -0.484 e. The van der Waals surface area contributed by atoms with Crippen molar-refractivity contribution in [3.05, 3.63) is 29.8 Å². The van der Waals surface area contributed by atoms with E-state index in [-0.39, 0.29) is 18.6 Å². The highest BCUT2D eigenvalue weighted by Gasteiger charge is 2.10. The van der Waals surface area contributed by atoms with Crippen LogP contribution >= 0.6 is 0 Å². The van der Waals surface area contributed by atoms with Gasteiger partial charge in [0.1, 0.15) is 5.75 Å². The van der Waals surface area contributed by atoms with Crippen molar-refractivity contribution in [2.45, 2.75) is 40.2 Å². The van der Waals surface area contributed by atoms with E-state index in [0.29, 0.717) is 5.92 Å².